The monoisotopic (exact) mass is 662 g/mol. The summed E-state index contributed by atoms with van der Waals surface area (Å²) < 4.78 is 34.5. The van der Waals surface area contributed by atoms with Gasteiger partial charge in [-0.2, -0.15) is 0 Å². The van der Waals surface area contributed by atoms with Crippen LogP contribution in [-0.2, 0) is 28.4 Å². The third-order valence-electron chi connectivity index (χ3n) is 8.68. The molecule has 0 aliphatic carbocycles. The second-order valence-electron chi connectivity index (χ2n) is 12.5. The molecule has 0 radical (unpaired) electrons. The van der Waals surface area contributed by atoms with Crippen molar-refractivity contribution < 1.29 is 69.3 Å². The highest BCUT2D eigenvalue weighted by Crippen LogP contribution is 2.32. The van der Waals surface area contributed by atoms with Crippen LogP contribution in [0.1, 0.15) is 60.3 Å². The Balaban J connectivity index is 1.70. The van der Waals surface area contributed by atoms with Crippen LogP contribution in [0.3, 0.4) is 0 Å². The lowest BCUT2D eigenvalue weighted by Crippen LogP contribution is -2.65. The van der Waals surface area contributed by atoms with E-state index < -0.39 is 92.6 Å². The van der Waals surface area contributed by atoms with E-state index in [2.05, 4.69) is 26.0 Å². The third kappa shape index (κ3) is 10.3. The van der Waals surface area contributed by atoms with Crippen molar-refractivity contribution in [3.63, 3.8) is 0 Å². The summed E-state index contributed by atoms with van der Waals surface area (Å²) in [6.45, 7) is 8.66. The summed E-state index contributed by atoms with van der Waals surface area (Å²) in [6.07, 6.45) is -10.5. The minimum atomic E-state index is -1.71. The minimum Gasteiger partial charge on any atom is -0.394 e. The standard InChI is InChI=1S/C32H54O14/c1-6-16(2)9-7-10-17(3)11-8-12-18(4)14-41-31-28(26(39)24(37)21(13-33)44-31)46-32-29(25(38)22(35)19(5)43-32)45-30-27(40)23(36)20(34)15-42-30/h6,10,12,19-40H,7-9,11,13-15H2,1-5H3. The first kappa shape index (κ1) is 39.1. The summed E-state index contributed by atoms with van der Waals surface area (Å²) >= 11 is 0. The second-order valence-corrected chi connectivity index (χ2v) is 12.5. The van der Waals surface area contributed by atoms with E-state index in [1.807, 2.05) is 19.9 Å². The highest BCUT2D eigenvalue weighted by atomic mass is 16.8. The molecule has 0 saturated carbocycles. The van der Waals surface area contributed by atoms with Gasteiger partial charge in [0, 0.05) is 0 Å². The van der Waals surface area contributed by atoms with Crippen molar-refractivity contribution in [1.82, 2.24) is 0 Å². The Bertz CT molecular complexity index is 1020. The molecule has 3 fully saturated rings. The van der Waals surface area contributed by atoms with Crippen molar-refractivity contribution in [2.24, 2.45) is 0 Å². The van der Waals surface area contributed by atoms with Crippen LogP contribution in [0.15, 0.2) is 34.9 Å². The van der Waals surface area contributed by atoms with Gasteiger partial charge >= 0.3 is 0 Å². The maximum atomic E-state index is 11.0. The van der Waals surface area contributed by atoms with Gasteiger partial charge in [0.1, 0.15) is 61.0 Å². The van der Waals surface area contributed by atoms with Crippen LogP contribution in [0, 0.1) is 0 Å². The van der Waals surface area contributed by atoms with Gasteiger partial charge in [0.2, 0.25) is 0 Å². The molecule has 3 aliphatic rings. The van der Waals surface area contributed by atoms with Crippen LogP contribution in [0.5, 0.6) is 0 Å². The Morgan fingerprint density at radius 2 is 1.28 bits per heavy atom. The number of hydrogen-bond donors (Lipinski definition) is 8. The van der Waals surface area contributed by atoms with Crippen molar-refractivity contribution in [2.75, 3.05) is 19.8 Å². The van der Waals surface area contributed by atoms with Crippen LogP contribution in [-0.4, -0.2) is 147 Å². The lowest BCUT2D eigenvalue weighted by Gasteiger charge is -2.47. The van der Waals surface area contributed by atoms with E-state index in [4.69, 9.17) is 28.4 Å². The van der Waals surface area contributed by atoms with Crippen LogP contribution in [0.25, 0.3) is 0 Å². The van der Waals surface area contributed by atoms with Crippen molar-refractivity contribution in [3.8, 4) is 0 Å². The summed E-state index contributed by atoms with van der Waals surface area (Å²) in [5.74, 6) is 0. The van der Waals surface area contributed by atoms with Gasteiger partial charge in [0.05, 0.1) is 25.9 Å². The lowest BCUT2D eigenvalue weighted by atomic mass is 9.97. The molecule has 0 spiro atoms. The van der Waals surface area contributed by atoms with Crippen LogP contribution >= 0.6 is 0 Å². The molecule has 0 aromatic carbocycles. The zero-order valence-electron chi connectivity index (χ0n) is 27.3. The summed E-state index contributed by atoms with van der Waals surface area (Å²) in [7, 11) is 0. The fourth-order valence-electron chi connectivity index (χ4n) is 5.41. The molecule has 0 bridgehead atoms. The highest BCUT2D eigenvalue weighted by Gasteiger charge is 2.52. The molecule has 0 amide bonds. The Hall–Kier alpha value is -1.34. The summed E-state index contributed by atoms with van der Waals surface area (Å²) in [4.78, 5) is 0. The minimum absolute atomic E-state index is 0.0697. The Morgan fingerprint density at radius 1 is 0.696 bits per heavy atom. The average Bonchev–Trinajstić information content (AvgIpc) is 3.03. The molecule has 46 heavy (non-hydrogen) atoms. The van der Waals surface area contributed by atoms with E-state index in [0.717, 1.165) is 31.3 Å². The molecule has 8 N–H and O–H groups in total. The van der Waals surface area contributed by atoms with Gasteiger partial charge in [-0.15, -0.1) is 0 Å². The Kier molecular flexibility index (Phi) is 15.7. The number of aliphatic hydroxyl groups is 8. The maximum absolute atomic E-state index is 11.0. The van der Waals surface area contributed by atoms with Crippen LogP contribution in [0.4, 0.5) is 0 Å². The topological polar surface area (TPSA) is 217 Å². The van der Waals surface area contributed by atoms with Gasteiger partial charge < -0.3 is 69.3 Å². The highest BCUT2D eigenvalue weighted by molar-refractivity contribution is 5.06. The predicted molar refractivity (Wildman–Crippen MR) is 163 cm³/mol. The molecule has 3 heterocycles. The van der Waals surface area contributed by atoms with E-state index in [1.54, 1.807) is 0 Å². The van der Waals surface area contributed by atoms with Gasteiger partial charge in [-0.3, -0.25) is 0 Å². The molecule has 266 valence electrons. The fourth-order valence-corrected chi connectivity index (χ4v) is 5.41. The Morgan fingerprint density at radius 3 is 1.93 bits per heavy atom. The quantitative estimate of drug-likeness (QED) is 0.111. The van der Waals surface area contributed by atoms with Crippen molar-refractivity contribution >= 4 is 0 Å². The lowest BCUT2D eigenvalue weighted by molar-refractivity contribution is -0.386. The van der Waals surface area contributed by atoms with Crippen LogP contribution < -0.4 is 0 Å². The van der Waals surface area contributed by atoms with Crippen molar-refractivity contribution in [2.45, 2.75) is 146 Å². The second kappa shape index (κ2) is 18.4. The molecule has 14 nitrogen and oxygen atoms in total. The van der Waals surface area contributed by atoms with E-state index in [9.17, 15) is 40.9 Å². The molecule has 0 aromatic rings. The van der Waals surface area contributed by atoms with Gasteiger partial charge in [0.25, 0.3) is 0 Å². The smallest absolute Gasteiger partial charge is 0.187 e. The Labute approximate surface area is 270 Å². The first-order valence-corrected chi connectivity index (χ1v) is 15.9. The van der Waals surface area contributed by atoms with Crippen molar-refractivity contribution in [1.29, 1.82) is 0 Å². The van der Waals surface area contributed by atoms with E-state index in [1.165, 1.54) is 18.1 Å². The number of allylic oxidation sites excluding steroid dienone is 5. The van der Waals surface area contributed by atoms with E-state index in [-0.39, 0.29) is 13.2 Å². The molecule has 14 atom stereocenters. The predicted octanol–water partition coefficient (Wildman–Crippen LogP) is -0.463. The van der Waals surface area contributed by atoms with Gasteiger partial charge in [-0.25, -0.2) is 0 Å². The number of ether oxygens (including phenoxy) is 6. The molecule has 3 rings (SSSR count). The van der Waals surface area contributed by atoms with E-state index >= 15 is 0 Å². The van der Waals surface area contributed by atoms with Crippen molar-refractivity contribution in [3.05, 3.63) is 34.9 Å². The average molecular weight is 663 g/mol. The molecule has 3 aliphatic heterocycles. The molecular weight excluding hydrogens is 608 g/mol. The summed E-state index contributed by atoms with van der Waals surface area (Å²) in [5, 5.41) is 83.0. The number of aliphatic hydroxyl groups excluding tert-OH is 8. The molecule has 14 unspecified atom stereocenters. The zero-order valence-corrected chi connectivity index (χ0v) is 27.3. The fraction of sp³-hybridized carbons (Fsp3) is 0.812. The normalized spacial score (nSPS) is 41.5. The first-order chi connectivity index (χ1) is 21.8. The molecular formula is C32H54O14. The molecule has 3 saturated heterocycles. The van der Waals surface area contributed by atoms with E-state index in [0.29, 0.717) is 0 Å². The number of rotatable bonds is 14. The van der Waals surface area contributed by atoms with Gasteiger partial charge in [0.15, 0.2) is 18.9 Å². The SMILES string of the molecule is CC=C(C)CCC=C(C)CCC=C(C)COC1OC(CO)C(O)C(O)C1OC1OC(C)C(O)C(O)C1OC1OCC(O)C(O)C1O. The molecule has 14 heteroatoms. The number of hydrogen-bond acceptors (Lipinski definition) is 14. The van der Waals surface area contributed by atoms with Gasteiger partial charge in [-0.05, 0) is 60.3 Å². The third-order valence-corrected chi connectivity index (χ3v) is 8.68. The summed E-state index contributed by atoms with van der Waals surface area (Å²) in [6, 6.07) is 0. The zero-order chi connectivity index (χ0) is 34.1. The summed E-state index contributed by atoms with van der Waals surface area (Å²) in [5.41, 5.74) is 3.50. The first-order valence-electron chi connectivity index (χ1n) is 15.9. The maximum Gasteiger partial charge on any atom is 0.187 e. The molecule has 0 aromatic heterocycles. The van der Waals surface area contributed by atoms with Crippen LogP contribution in [0.2, 0.25) is 0 Å². The largest absolute Gasteiger partial charge is 0.394 e. The van der Waals surface area contributed by atoms with Gasteiger partial charge in [-0.1, -0.05) is 34.9 Å².